The van der Waals surface area contributed by atoms with Gasteiger partial charge in [0.15, 0.2) is 18.1 Å². The minimum Gasteiger partial charge on any atom is -0.496 e. The van der Waals surface area contributed by atoms with Crippen molar-refractivity contribution in [1.29, 1.82) is 0 Å². The van der Waals surface area contributed by atoms with E-state index in [1.807, 2.05) is 12.1 Å². The van der Waals surface area contributed by atoms with Crippen LogP contribution in [-0.2, 0) is 9.53 Å². The predicted octanol–water partition coefficient (Wildman–Crippen LogP) is 4.49. The van der Waals surface area contributed by atoms with Gasteiger partial charge in [0, 0.05) is 23.6 Å². The van der Waals surface area contributed by atoms with Crippen molar-refractivity contribution in [2.45, 2.75) is 12.5 Å². The maximum atomic E-state index is 13.1. The molecule has 0 unspecified atom stereocenters. The highest BCUT2D eigenvalue weighted by molar-refractivity contribution is 6.30. The molecule has 9 nitrogen and oxygen atoms in total. The lowest BCUT2D eigenvalue weighted by Crippen LogP contribution is -2.31. The van der Waals surface area contributed by atoms with Gasteiger partial charge in [-0.1, -0.05) is 23.7 Å². The van der Waals surface area contributed by atoms with Crippen molar-refractivity contribution < 1.29 is 33.0 Å². The fourth-order valence-electron chi connectivity index (χ4n) is 3.72. The van der Waals surface area contributed by atoms with Crippen LogP contribution in [0.4, 0.5) is 0 Å². The molecule has 0 bridgehead atoms. The second-order valence-corrected chi connectivity index (χ2v) is 7.95. The summed E-state index contributed by atoms with van der Waals surface area (Å²) < 4.78 is 26.6. The topological polar surface area (TPSA) is 99.8 Å². The number of amides is 1. The number of nitrogens with zero attached hydrogens (tertiary/aromatic N) is 2. The van der Waals surface area contributed by atoms with E-state index >= 15 is 0 Å². The Morgan fingerprint density at radius 3 is 2.34 bits per heavy atom. The van der Waals surface area contributed by atoms with Gasteiger partial charge in [-0.2, -0.15) is 5.10 Å². The van der Waals surface area contributed by atoms with E-state index in [0.29, 0.717) is 34.4 Å². The number of hydrogen-bond donors (Lipinski definition) is 0. The standard InChI is InChI=1S/C25H23ClN2O7/c1-31-21-13-23(33-3)22(32-2)11-17(21)25(30)35-14-24(29)28-19(20-5-4-10-34-20)12-18(27-28)15-6-8-16(26)9-7-15/h4-11,13,19H,12,14H2,1-3H3/t19-/m1/s1. The largest absolute Gasteiger partial charge is 0.496 e. The summed E-state index contributed by atoms with van der Waals surface area (Å²) in [6.45, 7) is -0.537. The molecule has 1 aliphatic heterocycles. The lowest BCUT2D eigenvalue weighted by molar-refractivity contribution is -0.136. The van der Waals surface area contributed by atoms with E-state index in [-0.39, 0.29) is 11.3 Å². The molecule has 1 amide bonds. The molecule has 1 aromatic heterocycles. The van der Waals surface area contributed by atoms with Gasteiger partial charge >= 0.3 is 5.97 Å². The van der Waals surface area contributed by atoms with Crippen LogP contribution in [0.15, 0.2) is 64.3 Å². The minimum atomic E-state index is -0.758. The third-order valence-corrected chi connectivity index (χ3v) is 5.72. The zero-order chi connectivity index (χ0) is 24.9. The molecule has 2 aromatic carbocycles. The first-order chi connectivity index (χ1) is 16.9. The number of ether oxygens (including phenoxy) is 4. The molecular formula is C25H23ClN2O7. The van der Waals surface area contributed by atoms with Crippen LogP contribution in [0.5, 0.6) is 17.2 Å². The number of methoxy groups -OCH3 is 3. The molecule has 4 rings (SSSR count). The van der Waals surface area contributed by atoms with E-state index in [9.17, 15) is 9.59 Å². The lowest BCUT2D eigenvalue weighted by Gasteiger charge is -2.20. The molecule has 3 aromatic rings. The second-order valence-electron chi connectivity index (χ2n) is 7.51. The highest BCUT2D eigenvalue weighted by atomic mass is 35.5. The number of halogens is 1. The molecule has 2 heterocycles. The number of carbonyl (C=O) groups excluding carboxylic acids is 2. The van der Waals surface area contributed by atoms with Gasteiger partial charge in [-0.3, -0.25) is 4.79 Å². The SMILES string of the molecule is COc1cc(OC)c(C(=O)OCC(=O)N2N=C(c3ccc(Cl)cc3)C[C@@H]2c2ccco2)cc1OC. The number of hydrazone groups is 1. The molecule has 0 aliphatic carbocycles. The van der Waals surface area contributed by atoms with Crippen molar-refractivity contribution in [2.24, 2.45) is 5.10 Å². The van der Waals surface area contributed by atoms with Crippen molar-refractivity contribution in [2.75, 3.05) is 27.9 Å². The summed E-state index contributed by atoms with van der Waals surface area (Å²) in [7, 11) is 4.33. The molecular weight excluding hydrogens is 476 g/mol. The van der Waals surface area contributed by atoms with Crippen LogP contribution in [0.1, 0.15) is 34.1 Å². The first kappa shape index (κ1) is 24.2. The van der Waals surface area contributed by atoms with Gasteiger partial charge in [0.1, 0.15) is 23.1 Å². The van der Waals surface area contributed by atoms with Crippen LogP contribution in [0.25, 0.3) is 0 Å². The summed E-state index contributed by atoms with van der Waals surface area (Å²) in [6, 6.07) is 13.1. The van der Waals surface area contributed by atoms with Gasteiger partial charge in [0.05, 0.1) is 33.3 Å². The molecule has 0 fully saturated rings. The highest BCUT2D eigenvalue weighted by Crippen LogP contribution is 2.36. The zero-order valence-corrected chi connectivity index (χ0v) is 20.1. The summed E-state index contributed by atoms with van der Waals surface area (Å²) in [6.07, 6.45) is 1.96. The maximum absolute atomic E-state index is 13.1. The van der Waals surface area contributed by atoms with Crippen molar-refractivity contribution in [3.05, 3.63) is 76.7 Å². The van der Waals surface area contributed by atoms with Gasteiger partial charge in [-0.25, -0.2) is 9.80 Å². The number of rotatable bonds is 8. The predicted molar refractivity (Wildman–Crippen MR) is 127 cm³/mol. The molecule has 0 radical (unpaired) electrons. The second kappa shape index (κ2) is 10.5. The van der Waals surface area contributed by atoms with Crippen LogP contribution >= 0.6 is 11.6 Å². The molecule has 0 saturated heterocycles. The number of benzene rings is 2. The zero-order valence-electron chi connectivity index (χ0n) is 19.3. The lowest BCUT2D eigenvalue weighted by atomic mass is 10.0. The summed E-state index contributed by atoms with van der Waals surface area (Å²) in [5.74, 6) is 0.229. The Kier molecular flexibility index (Phi) is 7.26. The molecule has 10 heteroatoms. The molecule has 0 saturated carbocycles. The first-order valence-electron chi connectivity index (χ1n) is 10.6. The Bertz CT molecular complexity index is 1240. The number of esters is 1. The molecule has 35 heavy (non-hydrogen) atoms. The van der Waals surface area contributed by atoms with Crippen LogP contribution in [-0.4, -0.2) is 50.5 Å². The summed E-state index contributed by atoms with van der Waals surface area (Å²) in [5, 5.41) is 6.38. The van der Waals surface area contributed by atoms with Crippen LogP contribution in [0.3, 0.4) is 0 Å². The Balaban J connectivity index is 1.53. The Morgan fingerprint density at radius 2 is 1.71 bits per heavy atom. The molecule has 0 N–H and O–H groups in total. The normalized spacial score (nSPS) is 14.9. The maximum Gasteiger partial charge on any atom is 0.342 e. The quantitative estimate of drug-likeness (QED) is 0.422. The number of carbonyl (C=O) groups is 2. The average molecular weight is 499 g/mol. The molecule has 0 spiro atoms. The minimum absolute atomic E-state index is 0.0901. The third-order valence-electron chi connectivity index (χ3n) is 5.47. The van der Waals surface area contributed by atoms with Crippen molar-refractivity contribution >= 4 is 29.2 Å². The summed E-state index contributed by atoms with van der Waals surface area (Å²) >= 11 is 5.99. The molecule has 1 aliphatic rings. The number of furan rings is 1. The summed E-state index contributed by atoms with van der Waals surface area (Å²) in [5.41, 5.74) is 1.60. The van der Waals surface area contributed by atoms with E-state index < -0.39 is 24.5 Å². The Hall–Kier alpha value is -3.98. The van der Waals surface area contributed by atoms with Crippen LogP contribution < -0.4 is 14.2 Å². The van der Waals surface area contributed by atoms with E-state index in [0.717, 1.165) is 5.56 Å². The van der Waals surface area contributed by atoms with E-state index in [1.54, 1.807) is 24.3 Å². The van der Waals surface area contributed by atoms with Gasteiger partial charge in [-0.15, -0.1) is 0 Å². The van der Waals surface area contributed by atoms with Gasteiger partial charge in [0.2, 0.25) is 0 Å². The Labute approximate surface area is 206 Å². The van der Waals surface area contributed by atoms with E-state index in [2.05, 4.69) is 5.10 Å². The monoisotopic (exact) mass is 498 g/mol. The van der Waals surface area contributed by atoms with Crippen LogP contribution in [0.2, 0.25) is 5.02 Å². The molecule has 182 valence electrons. The smallest absolute Gasteiger partial charge is 0.342 e. The van der Waals surface area contributed by atoms with Crippen LogP contribution in [0, 0.1) is 0 Å². The van der Waals surface area contributed by atoms with Gasteiger partial charge in [-0.05, 0) is 29.8 Å². The Morgan fingerprint density at radius 1 is 1.03 bits per heavy atom. The summed E-state index contributed by atoms with van der Waals surface area (Å²) in [4.78, 5) is 25.9. The first-order valence-corrected chi connectivity index (χ1v) is 11.0. The third kappa shape index (κ3) is 5.09. The fourth-order valence-corrected chi connectivity index (χ4v) is 3.85. The fraction of sp³-hybridized carbons (Fsp3) is 0.240. The average Bonchev–Trinajstić information content (AvgIpc) is 3.57. The van der Waals surface area contributed by atoms with Crippen molar-refractivity contribution in [3.8, 4) is 17.2 Å². The number of hydrogen-bond acceptors (Lipinski definition) is 8. The molecule has 1 atom stereocenters. The van der Waals surface area contributed by atoms with Gasteiger partial charge in [0.25, 0.3) is 5.91 Å². The van der Waals surface area contributed by atoms with E-state index in [4.69, 9.17) is 35.0 Å². The van der Waals surface area contributed by atoms with E-state index in [1.165, 1.54) is 44.7 Å². The van der Waals surface area contributed by atoms with Crippen molar-refractivity contribution in [1.82, 2.24) is 5.01 Å². The van der Waals surface area contributed by atoms with Crippen molar-refractivity contribution in [3.63, 3.8) is 0 Å². The highest BCUT2D eigenvalue weighted by Gasteiger charge is 2.35. The van der Waals surface area contributed by atoms with Gasteiger partial charge < -0.3 is 23.4 Å².